The molecule has 1 N–H and O–H groups in total. The number of carbonyl (C=O) groups excluding carboxylic acids is 1. The standard InChI is InChI=1S/C16H20F2O5/c1-16(2,3)23-14(19)7-11(15(20)21)9-22-8-10-4-5-12(17)13(18)6-10/h4-6,11H,7-9H2,1-3H3,(H,20,21)/t11-/m1/s1. The molecule has 0 heterocycles. The molecule has 1 aromatic rings. The van der Waals surface area contributed by atoms with Crippen LogP contribution in [-0.4, -0.2) is 29.3 Å². The van der Waals surface area contributed by atoms with E-state index < -0.39 is 35.1 Å². The van der Waals surface area contributed by atoms with Crippen LogP contribution in [0.4, 0.5) is 8.78 Å². The van der Waals surface area contributed by atoms with E-state index in [9.17, 15) is 18.4 Å². The molecule has 1 aromatic carbocycles. The van der Waals surface area contributed by atoms with Gasteiger partial charge in [-0.3, -0.25) is 9.59 Å². The molecule has 128 valence electrons. The first-order chi connectivity index (χ1) is 10.6. The Morgan fingerprint density at radius 2 is 1.87 bits per heavy atom. The van der Waals surface area contributed by atoms with E-state index in [1.54, 1.807) is 20.8 Å². The third kappa shape index (κ3) is 7.19. The van der Waals surface area contributed by atoms with Gasteiger partial charge in [0.25, 0.3) is 0 Å². The predicted molar refractivity (Wildman–Crippen MR) is 77.6 cm³/mol. The van der Waals surface area contributed by atoms with E-state index >= 15 is 0 Å². The highest BCUT2D eigenvalue weighted by Crippen LogP contribution is 2.14. The van der Waals surface area contributed by atoms with Gasteiger partial charge in [-0.15, -0.1) is 0 Å². The maximum absolute atomic E-state index is 13.0. The number of carboxylic acids is 1. The molecule has 1 atom stereocenters. The van der Waals surface area contributed by atoms with Crippen LogP contribution in [-0.2, 0) is 25.7 Å². The summed E-state index contributed by atoms with van der Waals surface area (Å²) in [6, 6.07) is 3.27. The molecule has 5 nitrogen and oxygen atoms in total. The molecule has 0 bridgehead atoms. The molecule has 0 radical (unpaired) electrons. The number of carbonyl (C=O) groups is 2. The number of esters is 1. The lowest BCUT2D eigenvalue weighted by atomic mass is 10.1. The van der Waals surface area contributed by atoms with Crippen LogP contribution in [0.2, 0.25) is 0 Å². The largest absolute Gasteiger partial charge is 0.481 e. The Bertz CT molecular complexity index is 566. The Kier molecular flexibility index (Phi) is 6.62. The zero-order valence-corrected chi connectivity index (χ0v) is 13.3. The van der Waals surface area contributed by atoms with E-state index in [0.29, 0.717) is 5.56 Å². The van der Waals surface area contributed by atoms with Crippen molar-refractivity contribution in [2.75, 3.05) is 6.61 Å². The molecule has 0 spiro atoms. The summed E-state index contributed by atoms with van der Waals surface area (Å²) in [4.78, 5) is 22.8. The minimum Gasteiger partial charge on any atom is -0.481 e. The van der Waals surface area contributed by atoms with Crippen molar-refractivity contribution in [1.82, 2.24) is 0 Å². The second-order valence-corrected chi connectivity index (χ2v) is 6.09. The lowest BCUT2D eigenvalue weighted by Gasteiger charge is -2.21. The normalized spacial score (nSPS) is 12.7. The van der Waals surface area contributed by atoms with E-state index in [1.807, 2.05) is 0 Å². The highest BCUT2D eigenvalue weighted by Gasteiger charge is 2.25. The van der Waals surface area contributed by atoms with Crippen molar-refractivity contribution in [2.45, 2.75) is 39.4 Å². The number of hydrogen-bond donors (Lipinski definition) is 1. The highest BCUT2D eigenvalue weighted by molar-refractivity contribution is 5.79. The first-order valence-electron chi connectivity index (χ1n) is 7.05. The van der Waals surface area contributed by atoms with Crippen molar-refractivity contribution in [2.24, 2.45) is 5.92 Å². The van der Waals surface area contributed by atoms with Crippen LogP contribution in [0.3, 0.4) is 0 Å². The first kappa shape index (κ1) is 19.0. The second-order valence-electron chi connectivity index (χ2n) is 6.09. The Morgan fingerprint density at radius 1 is 1.22 bits per heavy atom. The molecule has 0 aromatic heterocycles. The molecule has 0 aliphatic rings. The smallest absolute Gasteiger partial charge is 0.309 e. The average Bonchev–Trinajstić information content (AvgIpc) is 2.39. The van der Waals surface area contributed by atoms with Crippen molar-refractivity contribution < 1.29 is 33.0 Å². The zero-order valence-electron chi connectivity index (χ0n) is 13.3. The molecule has 0 aliphatic carbocycles. The van der Waals surface area contributed by atoms with Crippen LogP contribution in [0.25, 0.3) is 0 Å². The summed E-state index contributed by atoms with van der Waals surface area (Å²) in [5.74, 6) is -4.88. The quantitative estimate of drug-likeness (QED) is 0.778. The van der Waals surface area contributed by atoms with Gasteiger partial charge in [0, 0.05) is 0 Å². The monoisotopic (exact) mass is 330 g/mol. The Balaban J connectivity index is 2.52. The van der Waals surface area contributed by atoms with Gasteiger partial charge in [0.05, 0.1) is 25.6 Å². The van der Waals surface area contributed by atoms with Crippen LogP contribution >= 0.6 is 0 Å². The third-order valence-corrected chi connectivity index (χ3v) is 2.75. The summed E-state index contributed by atoms with van der Waals surface area (Å²) in [5, 5.41) is 9.10. The number of ether oxygens (including phenoxy) is 2. The van der Waals surface area contributed by atoms with Gasteiger partial charge in [-0.1, -0.05) is 6.07 Å². The SMILES string of the molecule is CC(C)(C)OC(=O)C[C@H](COCc1ccc(F)c(F)c1)C(=O)O. The van der Waals surface area contributed by atoms with E-state index in [4.69, 9.17) is 14.6 Å². The summed E-state index contributed by atoms with van der Waals surface area (Å²) in [7, 11) is 0. The van der Waals surface area contributed by atoms with Crippen LogP contribution < -0.4 is 0 Å². The van der Waals surface area contributed by atoms with Crippen molar-refractivity contribution >= 4 is 11.9 Å². The van der Waals surface area contributed by atoms with Gasteiger partial charge in [0.1, 0.15) is 5.60 Å². The molecule has 0 saturated carbocycles. The molecule has 0 saturated heterocycles. The van der Waals surface area contributed by atoms with Crippen LogP contribution in [0.15, 0.2) is 18.2 Å². The fourth-order valence-electron chi connectivity index (χ4n) is 1.75. The van der Waals surface area contributed by atoms with Gasteiger partial charge < -0.3 is 14.6 Å². The number of hydrogen-bond acceptors (Lipinski definition) is 4. The summed E-state index contributed by atoms with van der Waals surface area (Å²) >= 11 is 0. The lowest BCUT2D eigenvalue weighted by Crippen LogP contribution is -2.29. The third-order valence-electron chi connectivity index (χ3n) is 2.75. The first-order valence-corrected chi connectivity index (χ1v) is 7.05. The molecule has 7 heteroatoms. The maximum atomic E-state index is 13.0. The minimum atomic E-state index is -1.19. The topological polar surface area (TPSA) is 72.8 Å². The van der Waals surface area contributed by atoms with Crippen LogP contribution in [0, 0.1) is 17.6 Å². The number of rotatable bonds is 7. The maximum Gasteiger partial charge on any atom is 0.309 e. The average molecular weight is 330 g/mol. The highest BCUT2D eigenvalue weighted by atomic mass is 19.2. The van der Waals surface area contributed by atoms with E-state index in [-0.39, 0.29) is 19.6 Å². The number of carboxylic acid groups (broad SMARTS) is 1. The Hall–Kier alpha value is -2.02. The molecular weight excluding hydrogens is 310 g/mol. The van der Waals surface area contributed by atoms with Gasteiger partial charge in [-0.05, 0) is 38.5 Å². The number of aliphatic carboxylic acids is 1. The van der Waals surface area contributed by atoms with Crippen LogP contribution in [0.1, 0.15) is 32.8 Å². The fourth-order valence-corrected chi connectivity index (χ4v) is 1.75. The second kappa shape index (κ2) is 8.01. The Labute approximate surface area is 133 Å². The molecule has 1 rings (SSSR count). The van der Waals surface area contributed by atoms with Crippen molar-refractivity contribution in [1.29, 1.82) is 0 Å². The van der Waals surface area contributed by atoms with Gasteiger partial charge >= 0.3 is 11.9 Å². The van der Waals surface area contributed by atoms with Gasteiger partial charge in [-0.2, -0.15) is 0 Å². The van der Waals surface area contributed by atoms with Crippen LogP contribution in [0.5, 0.6) is 0 Å². The van der Waals surface area contributed by atoms with Gasteiger partial charge in [0.2, 0.25) is 0 Å². The van der Waals surface area contributed by atoms with E-state index in [1.165, 1.54) is 6.07 Å². The molecule has 0 unspecified atom stereocenters. The zero-order chi connectivity index (χ0) is 17.6. The van der Waals surface area contributed by atoms with Crippen molar-refractivity contribution in [3.63, 3.8) is 0 Å². The number of benzene rings is 1. The van der Waals surface area contributed by atoms with Gasteiger partial charge in [-0.25, -0.2) is 8.78 Å². The summed E-state index contributed by atoms with van der Waals surface area (Å²) in [5.41, 5.74) is -0.336. The Morgan fingerprint density at radius 3 is 2.39 bits per heavy atom. The predicted octanol–water partition coefficient (Wildman–Crippen LogP) is 2.91. The van der Waals surface area contributed by atoms with E-state index in [2.05, 4.69) is 0 Å². The minimum absolute atomic E-state index is 0.0880. The van der Waals surface area contributed by atoms with Gasteiger partial charge in [0.15, 0.2) is 11.6 Å². The molecule has 0 aliphatic heterocycles. The van der Waals surface area contributed by atoms with E-state index in [0.717, 1.165) is 12.1 Å². The summed E-state index contributed by atoms with van der Waals surface area (Å²) in [6.45, 7) is 4.71. The number of halogens is 2. The molecule has 0 amide bonds. The molecular formula is C16H20F2O5. The summed E-state index contributed by atoms with van der Waals surface area (Å²) in [6.07, 6.45) is -0.329. The fraction of sp³-hybridized carbons (Fsp3) is 0.500. The summed E-state index contributed by atoms with van der Waals surface area (Å²) < 4.78 is 36.1. The molecule has 23 heavy (non-hydrogen) atoms. The lowest BCUT2D eigenvalue weighted by molar-refractivity contribution is -0.161. The van der Waals surface area contributed by atoms with Crippen molar-refractivity contribution in [3.8, 4) is 0 Å². The van der Waals surface area contributed by atoms with Crippen molar-refractivity contribution in [3.05, 3.63) is 35.4 Å². The molecule has 0 fully saturated rings.